The second kappa shape index (κ2) is 8.32. The molecular formula is C21H23F2N5O. The van der Waals surface area contributed by atoms with Crippen LogP contribution in [0.15, 0.2) is 36.7 Å². The van der Waals surface area contributed by atoms with Gasteiger partial charge in [-0.1, -0.05) is 6.07 Å². The van der Waals surface area contributed by atoms with Gasteiger partial charge in [-0.05, 0) is 49.7 Å². The first kappa shape index (κ1) is 19.6. The molecule has 29 heavy (non-hydrogen) atoms. The molecule has 3 aromatic rings. The van der Waals surface area contributed by atoms with Crippen molar-refractivity contribution in [2.45, 2.75) is 25.7 Å². The molecule has 1 aliphatic rings. The highest BCUT2D eigenvalue weighted by Gasteiger charge is 2.26. The summed E-state index contributed by atoms with van der Waals surface area (Å²) in [4.78, 5) is 14.4. The van der Waals surface area contributed by atoms with Gasteiger partial charge in [0.2, 0.25) is 6.43 Å². The predicted molar refractivity (Wildman–Crippen MR) is 106 cm³/mol. The van der Waals surface area contributed by atoms with Crippen LogP contribution in [-0.4, -0.2) is 56.7 Å². The van der Waals surface area contributed by atoms with E-state index in [-0.39, 0.29) is 18.7 Å². The number of aromatic nitrogens is 4. The number of benzene rings is 1. The fourth-order valence-corrected chi connectivity index (χ4v) is 3.79. The van der Waals surface area contributed by atoms with Crippen molar-refractivity contribution >= 4 is 16.7 Å². The smallest absolute Gasteiger partial charge is 0.241 e. The van der Waals surface area contributed by atoms with Crippen LogP contribution in [0.2, 0.25) is 0 Å². The van der Waals surface area contributed by atoms with Crippen molar-refractivity contribution in [3.05, 3.63) is 42.4 Å². The van der Waals surface area contributed by atoms with Crippen molar-refractivity contribution in [1.82, 2.24) is 24.9 Å². The molecule has 0 saturated carbocycles. The summed E-state index contributed by atoms with van der Waals surface area (Å²) in [5.41, 5.74) is 3.42. The minimum atomic E-state index is -2.27. The van der Waals surface area contributed by atoms with E-state index >= 15 is 0 Å². The molecular weight excluding hydrogens is 376 g/mol. The number of likely N-dealkylation sites (tertiary alicyclic amines) is 1. The summed E-state index contributed by atoms with van der Waals surface area (Å²) in [6.07, 6.45) is 2.55. The largest absolute Gasteiger partial charge is 0.298 e. The molecule has 1 aliphatic heterocycles. The monoisotopic (exact) mass is 399 g/mol. The number of rotatable bonds is 6. The van der Waals surface area contributed by atoms with Crippen LogP contribution >= 0.6 is 0 Å². The van der Waals surface area contributed by atoms with E-state index < -0.39 is 12.3 Å². The number of hydrogen-bond donors (Lipinski definition) is 0. The van der Waals surface area contributed by atoms with Gasteiger partial charge in [-0.15, -0.1) is 0 Å². The van der Waals surface area contributed by atoms with Gasteiger partial charge in [-0.25, -0.2) is 8.78 Å². The number of nitrogens with zero attached hydrogens (tertiary/aromatic N) is 5. The Hall–Kier alpha value is -2.74. The molecule has 2 aromatic heterocycles. The quantitative estimate of drug-likeness (QED) is 0.637. The third-order valence-corrected chi connectivity index (χ3v) is 5.44. The van der Waals surface area contributed by atoms with Gasteiger partial charge in [-0.2, -0.15) is 15.3 Å². The lowest BCUT2D eigenvalue weighted by molar-refractivity contribution is -0.120. The summed E-state index contributed by atoms with van der Waals surface area (Å²) in [6.45, 7) is 1.35. The predicted octanol–water partition coefficient (Wildman–Crippen LogP) is 3.12. The van der Waals surface area contributed by atoms with Crippen molar-refractivity contribution in [3.63, 3.8) is 0 Å². The van der Waals surface area contributed by atoms with E-state index in [1.807, 2.05) is 42.4 Å². The fourth-order valence-electron chi connectivity index (χ4n) is 3.79. The topological polar surface area (TPSA) is 63.9 Å². The molecule has 1 aromatic carbocycles. The van der Waals surface area contributed by atoms with Crippen LogP contribution < -0.4 is 0 Å². The number of carbonyl (C=O) groups excluding carboxylic acids is 1. The molecule has 0 amide bonds. The van der Waals surface area contributed by atoms with E-state index in [0.29, 0.717) is 31.6 Å². The van der Waals surface area contributed by atoms with Crippen molar-refractivity contribution in [3.8, 4) is 11.1 Å². The number of carbonyl (C=O) groups is 1. The van der Waals surface area contributed by atoms with Crippen molar-refractivity contribution in [1.29, 1.82) is 0 Å². The molecule has 4 rings (SSSR count). The Morgan fingerprint density at radius 2 is 1.97 bits per heavy atom. The Bertz CT molecular complexity index is 1010. The second-order valence-corrected chi connectivity index (χ2v) is 7.68. The average molecular weight is 399 g/mol. The van der Waals surface area contributed by atoms with E-state index in [4.69, 9.17) is 0 Å². The molecule has 0 spiro atoms. The molecule has 6 nitrogen and oxygen atoms in total. The lowest BCUT2D eigenvalue weighted by atomic mass is 9.97. The molecule has 3 heterocycles. The molecule has 0 N–H and O–H groups in total. The van der Waals surface area contributed by atoms with Crippen LogP contribution in [0.3, 0.4) is 0 Å². The first-order valence-corrected chi connectivity index (χ1v) is 9.75. The van der Waals surface area contributed by atoms with Crippen LogP contribution in [0.4, 0.5) is 8.78 Å². The zero-order valence-electron chi connectivity index (χ0n) is 16.3. The SMILES string of the molecule is Cn1cc(-c2ccc3nnc(CC(=O)CN4CCC(C(F)F)CC4)cc3c2)cn1. The molecule has 0 bridgehead atoms. The van der Waals surface area contributed by atoms with E-state index in [9.17, 15) is 13.6 Å². The normalized spacial score (nSPS) is 16.0. The van der Waals surface area contributed by atoms with Gasteiger partial charge in [0.1, 0.15) is 0 Å². The number of piperidine rings is 1. The fraction of sp³-hybridized carbons (Fsp3) is 0.429. The number of halogens is 2. The highest BCUT2D eigenvalue weighted by atomic mass is 19.3. The number of fused-ring (bicyclic) bond motifs is 1. The zero-order valence-corrected chi connectivity index (χ0v) is 16.3. The van der Waals surface area contributed by atoms with E-state index in [1.54, 1.807) is 10.9 Å². The first-order valence-electron chi connectivity index (χ1n) is 9.75. The van der Waals surface area contributed by atoms with Gasteiger partial charge in [0.15, 0.2) is 5.78 Å². The maximum absolute atomic E-state index is 12.8. The number of ketones is 1. The summed E-state index contributed by atoms with van der Waals surface area (Å²) in [5, 5.41) is 13.5. The minimum absolute atomic E-state index is 0.0255. The molecule has 1 saturated heterocycles. The lowest BCUT2D eigenvalue weighted by Crippen LogP contribution is -2.39. The minimum Gasteiger partial charge on any atom is -0.298 e. The van der Waals surface area contributed by atoms with Gasteiger partial charge in [0.25, 0.3) is 0 Å². The van der Waals surface area contributed by atoms with Gasteiger partial charge in [0, 0.05) is 30.1 Å². The van der Waals surface area contributed by atoms with Crippen molar-refractivity contribution in [2.75, 3.05) is 19.6 Å². The van der Waals surface area contributed by atoms with Crippen LogP contribution in [0, 0.1) is 5.92 Å². The Labute approximate surface area is 167 Å². The standard InChI is InChI=1S/C21H23F2N5O/c1-27-12-17(11-24-27)15-2-3-20-16(8-15)9-18(25-26-20)10-19(29)13-28-6-4-14(5-7-28)21(22)23/h2-3,8-9,11-12,14,21H,4-7,10,13H2,1H3. The van der Waals surface area contributed by atoms with Crippen LogP contribution in [0.5, 0.6) is 0 Å². The summed E-state index contributed by atoms with van der Waals surface area (Å²) >= 11 is 0. The Morgan fingerprint density at radius 1 is 1.17 bits per heavy atom. The molecule has 0 unspecified atom stereocenters. The van der Waals surface area contributed by atoms with Crippen molar-refractivity contribution in [2.24, 2.45) is 13.0 Å². The van der Waals surface area contributed by atoms with Crippen LogP contribution in [0.25, 0.3) is 22.0 Å². The molecule has 8 heteroatoms. The van der Waals surface area contributed by atoms with E-state index in [1.165, 1.54) is 0 Å². The third-order valence-electron chi connectivity index (χ3n) is 5.44. The van der Waals surface area contributed by atoms with Crippen LogP contribution in [0.1, 0.15) is 18.5 Å². The summed E-state index contributed by atoms with van der Waals surface area (Å²) in [5.74, 6) is -0.515. The molecule has 0 atom stereocenters. The average Bonchev–Trinajstić information content (AvgIpc) is 3.14. The van der Waals surface area contributed by atoms with Gasteiger partial charge in [0.05, 0.1) is 30.4 Å². The molecule has 0 radical (unpaired) electrons. The van der Waals surface area contributed by atoms with E-state index in [2.05, 4.69) is 15.3 Å². The van der Waals surface area contributed by atoms with Crippen LogP contribution in [-0.2, 0) is 18.3 Å². The molecule has 0 aliphatic carbocycles. The Morgan fingerprint density at radius 3 is 2.66 bits per heavy atom. The first-order chi connectivity index (χ1) is 14.0. The highest BCUT2D eigenvalue weighted by molar-refractivity contribution is 5.86. The maximum Gasteiger partial charge on any atom is 0.241 e. The number of alkyl halides is 2. The second-order valence-electron chi connectivity index (χ2n) is 7.68. The van der Waals surface area contributed by atoms with Gasteiger partial charge < -0.3 is 0 Å². The Kier molecular flexibility index (Phi) is 5.62. The summed E-state index contributed by atoms with van der Waals surface area (Å²) in [6, 6.07) is 7.79. The Balaban J connectivity index is 1.42. The molecule has 152 valence electrons. The third kappa shape index (κ3) is 4.64. The van der Waals surface area contributed by atoms with Gasteiger partial charge in [-0.3, -0.25) is 14.4 Å². The van der Waals surface area contributed by atoms with Gasteiger partial charge >= 0.3 is 0 Å². The number of hydrogen-bond acceptors (Lipinski definition) is 5. The summed E-state index contributed by atoms with van der Waals surface area (Å²) < 4.78 is 27.3. The maximum atomic E-state index is 12.8. The highest BCUT2D eigenvalue weighted by Crippen LogP contribution is 2.24. The number of aryl methyl sites for hydroxylation is 1. The zero-order chi connectivity index (χ0) is 20.4. The summed E-state index contributed by atoms with van der Waals surface area (Å²) in [7, 11) is 1.87. The molecule has 1 fully saturated rings. The van der Waals surface area contributed by atoms with Crippen molar-refractivity contribution < 1.29 is 13.6 Å². The van der Waals surface area contributed by atoms with E-state index in [0.717, 1.165) is 22.0 Å². The number of Topliss-reactive ketones (excluding diaryl/α,β-unsaturated/α-hetero) is 1. The lowest BCUT2D eigenvalue weighted by Gasteiger charge is -2.30.